The van der Waals surface area contributed by atoms with Crippen molar-refractivity contribution in [2.75, 3.05) is 5.73 Å². The number of nitrogens with two attached hydrogens (primary N) is 1. The number of anilines is 1. The lowest BCUT2D eigenvalue weighted by Crippen LogP contribution is -1.86. The lowest BCUT2D eigenvalue weighted by atomic mass is 10.1. The molecule has 2 aromatic rings. The highest BCUT2D eigenvalue weighted by Gasteiger charge is 2.06. The fourth-order valence-corrected chi connectivity index (χ4v) is 1.45. The van der Waals surface area contributed by atoms with Crippen molar-refractivity contribution < 1.29 is 4.52 Å². The van der Waals surface area contributed by atoms with Crippen molar-refractivity contribution in [2.45, 2.75) is 13.8 Å². The molecule has 14 heavy (non-hydrogen) atoms. The number of nitrogen functional groups attached to an aromatic ring is 1. The van der Waals surface area contributed by atoms with Crippen molar-refractivity contribution in [1.82, 2.24) is 10.1 Å². The molecule has 0 spiro atoms. The second-order valence-corrected chi connectivity index (χ2v) is 3.33. The molecule has 1 heterocycles. The molecule has 0 saturated carbocycles. The van der Waals surface area contributed by atoms with Crippen LogP contribution in [0.2, 0.25) is 0 Å². The SMILES string of the molecule is Cc1cc(C)cc(-c2nc(N)no2)c1. The van der Waals surface area contributed by atoms with E-state index in [4.69, 9.17) is 10.3 Å². The molecule has 0 bridgehead atoms. The van der Waals surface area contributed by atoms with Crippen LogP contribution in [0.1, 0.15) is 11.1 Å². The van der Waals surface area contributed by atoms with Gasteiger partial charge < -0.3 is 10.3 Å². The number of aromatic nitrogens is 2. The first kappa shape index (κ1) is 8.74. The molecule has 0 fully saturated rings. The monoisotopic (exact) mass is 189 g/mol. The second kappa shape index (κ2) is 3.14. The Morgan fingerprint density at radius 3 is 2.29 bits per heavy atom. The molecular formula is C10H11N3O. The summed E-state index contributed by atoms with van der Waals surface area (Å²) in [4.78, 5) is 3.96. The average molecular weight is 189 g/mol. The zero-order valence-electron chi connectivity index (χ0n) is 8.11. The van der Waals surface area contributed by atoms with Crippen molar-refractivity contribution in [1.29, 1.82) is 0 Å². The maximum atomic E-state index is 5.38. The molecule has 1 aromatic carbocycles. The summed E-state index contributed by atoms with van der Waals surface area (Å²) >= 11 is 0. The van der Waals surface area contributed by atoms with E-state index in [9.17, 15) is 0 Å². The van der Waals surface area contributed by atoms with Crippen LogP contribution >= 0.6 is 0 Å². The maximum Gasteiger partial charge on any atom is 0.261 e. The summed E-state index contributed by atoms with van der Waals surface area (Å²) in [6.45, 7) is 4.05. The molecule has 2 N–H and O–H groups in total. The minimum absolute atomic E-state index is 0.166. The van der Waals surface area contributed by atoms with Crippen LogP contribution in [-0.2, 0) is 0 Å². The standard InChI is InChI=1S/C10H11N3O/c1-6-3-7(2)5-8(4-6)9-12-10(11)13-14-9/h3-5H,1-2H3,(H2,11,13). The molecule has 4 heteroatoms. The zero-order valence-corrected chi connectivity index (χ0v) is 8.11. The number of nitrogens with zero attached hydrogens (tertiary/aromatic N) is 2. The summed E-state index contributed by atoms with van der Waals surface area (Å²) in [6, 6.07) is 6.06. The van der Waals surface area contributed by atoms with E-state index in [2.05, 4.69) is 16.2 Å². The van der Waals surface area contributed by atoms with E-state index in [1.54, 1.807) is 0 Å². The van der Waals surface area contributed by atoms with Gasteiger partial charge in [0.15, 0.2) is 0 Å². The van der Waals surface area contributed by atoms with Crippen LogP contribution in [0, 0.1) is 13.8 Å². The third kappa shape index (κ3) is 1.59. The van der Waals surface area contributed by atoms with E-state index in [1.807, 2.05) is 26.0 Å². The lowest BCUT2D eigenvalue weighted by Gasteiger charge is -1.99. The zero-order chi connectivity index (χ0) is 10.1. The van der Waals surface area contributed by atoms with Gasteiger partial charge in [0.05, 0.1) is 0 Å². The van der Waals surface area contributed by atoms with Gasteiger partial charge in [-0.2, -0.15) is 4.98 Å². The smallest absolute Gasteiger partial charge is 0.261 e. The molecular weight excluding hydrogens is 178 g/mol. The average Bonchev–Trinajstić information content (AvgIpc) is 2.50. The second-order valence-electron chi connectivity index (χ2n) is 3.33. The van der Waals surface area contributed by atoms with Gasteiger partial charge >= 0.3 is 0 Å². The van der Waals surface area contributed by atoms with Gasteiger partial charge in [0.2, 0.25) is 0 Å². The van der Waals surface area contributed by atoms with E-state index >= 15 is 0 Å². The Balaban J connectivity index is 2.51. The quantitative estimate of drug-likeness (QED) is 0.744. The van der Waals surface area contributed by atoms with Crippen LogP contribution < -0.4 is 5.73 Å². The molecule has 0 saturated heterocycles. The fourth-order valence-electron chi connectivity index (χ4n) is 1.45. The van der Waals surface area contributed by atoms with E-state index in [0.717, 1.165) is 16.7 Å². The summed E-state index contributed by atoms with van der Waals surface area (Å²) in [6.07, 6.45) is 0. The highest BCUT2D eigenvalue weighted by Crippen LogP contribution is 2.20. The van der Waals surface area contributed by atoms with Crippen LogP contribution in [0.4, 0.5) is 5.95 Å². The van der Waals surface area contributed by atoms with Crippen LogP contribution in [0.25, 0.3) is 11.5 Å². The van der Waals surface area contributed by atoms with Crippen LogP contribution in [-0.4, -0.2) is 10.1 Å². The summed E-state index contributed by atoms with van der Waals surface area (Å²) in [5.74, 6) is 0.633. The van der Waals surface area contributed by atoms with Crippen LogP contribution in [0.5, 0.6) is 0 Å². The van der Waals surface area contributed by atoms with Crippen molar-refractivity contribution in [2.24, 2.45) is 0 Å². The molecule has 0 aliphatic heterocycles. The van der Waals surface area contributed by atoms with Gasteiger partial charge in [-0.15, -0.1) is 0 Å². The first-order valence-electron chi connectivity index (χ1n) is 4.33. The molecule has 0 atom stereocenters. The van der Waals surface area contributed by atoms with Gasteiger partial charge in [0.25, 0.3) is 11.8 Å². The number of hydrogen-bond donors (Lipinski definition) is 1. The maximum absolute atomic E-state index is 5.38. The molecule has 0 radical (unpaired) electrons. The van der Waals surface area contributed by atoms with E-state index in [1.165, 1.54) is 0 Å². The van der Waals surface area contributed by atoms with Gasteiger partial charge in [-0.3, -0.25) is 0 Å². The van der Waals surface area contributed by atoms with Crippen molar-refractivity contribution in [3.05, 3.63) is 29.3 Å². The highest BCUT2D eigenvalue weighted by atomic mass is 16.5. The van der Waals surface area contributed by atoms with Crippen LogP contribution in [0.3, 0.4) is 0 Å². The number of rotatable bonds is 1. The van der Waals surface area contributed by atoms with Crippen molar-refractivity contribution in [3.63, 3.8) is 0 Å². The number of benzene rings is 1. The minimum Gasteiger partial charge on any atom is -0.365 e. The van der Waals surface area contributed by atoms with Gasteiger partial charge in [-0.05, 0) is 31.1 Å². The Morgan fingerprint density at radius 2 is 1.79 bits per heavy atom. The van der Waals surface area contributed by atoms with Gasteiger partial charge in [-0.1, -0.05) is 17.2 Å². The Hall–Kier alpha value is -1.84. The predicted molar refractivity (Wildman–Crippen MR) is 53.6 cm³/mol. The summed E-state index contributed by atoms with van der Waals surface area (Å²) in [7, 11) is 0. The Labute approximate surface area is 81.7 Å². The Morgan fingerprint density at radius 1 is 1.14 bits per heavy atom. The lowest BCUT2D eigenvalue weighted by molar-refractivity contribution is 0.433. The van der Waals surface area contributed by atoms with E-state index < -0.39 is 0 Å². The minimum atomic E-state index is 0.166. The van der Waals surface area contributed by atoms with Crippen molar-refractivity contribution >= 4 is 5.95 Å². The molecule has 4 nitrogen and oxygen atoms in total. The first-order valence-corrected chi connectivity index (χ1v) is 4.33. The molecule has 0 unspecified atom stereocenters. The molecule has 0 aliphatic carbocycles. The third-order valence-corrected chi connectivity index (χ3v) is 1.91. The molecule has 1 aromatic heterocycles. The Kier molecular flexibility index (Phi) is 1.96. The van der Waals surface area contributed by atoms with Gasteiger partial charge in [-0.25, -0.2) is 0 Å². The Bertz CT molecular complexity index is 442. The van der Waals surface area contributed by atoms with Gasteiger partial charge in [0.1, 0.15) is 0 Å². The van der Waals surface area contributed by atoms with E-state index in [0.29, 0.717) is 5.89 Å². The van der Waals surface area contributed by atoms with E-state index in [-0.39, 0.29) is 5.95 Å². The summed E-state index contributed by atoms with van der Waals surface area (Å²) < 4.78 is 4.97. The normalized spacial score (nSPS) is 10.4. The van der Waals surface area contributed by atoms with Crippen molar-refractivity contribution in [3.8, 4) is 11.5 Å². The van der Waals surface area contributed by atoms with Crippen LogP contribution in [0.15, 0.2) is 22.7 Å². The molecule has 2 rings (SSSR count). The first-order chi connectivity index (χ1) is 6.65. The third-order valence-electron chi connectivity index (χ3n) is 1.91. The molecule has 0 amide bonds. The predicted octanol–water partition coefficient (Wildman–Crippen LogP) is 1.94. The number of hydrogen-bond acceptors (Lipinski definition) is 4. The van der Waals surface area contributed by atoms with Gasteiger partial charge in [0, 0.05) is 5.56 Å². The molecule has 0 aliphatic rings. The highest BCUT2D eigenvalue weighted by molar-refractivity contribution is 5.56. The molecule has 72 valence electrons. The fraction of sp³-hybridized carbons (Fsp3) is 0.200. The topological polar surface area (TPSA) is 64.9 Å². The largest absolute Gasteiger partial charge is 0.365 e. The number of aryl methyl sites for hydroxylation is 2. The summed E-state index contributed by atoms with van der Waals surface area (Å²) in [5, 5.41) is 3.54. The summed E-state index contributed by atoms with van der Waals surface area (Å²) in [5.41, 5.74) is 8.61.